The van der Waals surface area contributed by atoms with Crippen molar-refractivity contribution in [2.45, 2.75) is 51.7 Å². The molecule has 1 saturated carbocycles. The lowest BCUT2D eigenvalue weighted by molar-refractivity contribution is -0.140. The molecular weight excluding hydrogens is 272 g/mol. The SMILES string of the molecule is CN(C)C(C(=O)N1C2CC2CC1C(C)(C)C)c1ccccc1. The number of hydrogen-bond acceptors (Lipinski definition) is 2. The molecule has 2 fully saturated rings. The molecule has 1 aromatic carbocycles. The maximum Gasteiger partial charge on any atom is 0.245 e. The summed E-state index contributed by atoms with van der Waals surface area (Å²) in [7, 11) is 4.00. The second-order valence-electron chi connectivity index (χ2n) is 8.20. The minimum Gasteiger partial charge on any atom is -0.334 e. The third-order valence-electron chi connectivity index (χ3n) is 5.22. The number of piperidine rings is 1. The lowest BCUT2D eigenvalue weighted by atomic mass is 9.83. The lowest BCUT2D eigenvalue weighted by Crippen LogP contribution is -2.49. The molecule has 0 aromatic heterocycles. The summed E-state index contributed by atoms with van der Waals surface area (Å²) in [6.45, 7) is 6.78. The highest BCUT2D eigenvalue weighted by Gasteiger charge is 2.57. The van der Waals surface area contributed by atoms with Gasteiger partial charge in [-0.15, -0.1) is 0 Å². The molecule has 3 heteroatoms. The summed E-state index contributed by atoms with van der Waals surface area (Å²) in [6, 6.07) is 10.9. The number of benzene rings is 1. The molecule has 3 nitrogen and oxygen atoms in total. The normalized spacial score (nSPS) is 28.6. The highest BCUT2D eigenvalue weighted by atomic mass is 16.2. The molecule has 0 radical (unpaired) electrons. The summed E-state index contributed by atoms with van der Waals surface area (Å²) in [5.74, 6) is 1.02. The van der Waals surface area contributed by atoms with Gasteiger partial charge in [-0.05, 0) is 43.8 Å². The fourth-order valence-electron chi connectivity index (χ4n) is 3.98. The first-order valence-electron chi connectivity index (χ1n) is 8.34. The van der Waals surface area contributed by atoms with Gasteiger partial charge >= 0.3 is 0 Å². The van der Waals surface area contributed by atoms with Crippen LogP contribution >= 0.6 is 0 Å². The second-order valence-corrected chi connectivity index (χ2v) is 8.20. The fourth-order valence-corrected chi connectivity index (χ4v) is 3.98. The minimum absolute atomic E-state index is 0.149. The third-order valence-corrected chi connectivity index (χ3v) is 5.22. The molecule has 4 atom stereocenters. The van der Waals surface area contributed by atoms with Crippen LogP contribution < -0.4 is 0 Å². The van der Waals surface area contributed by atoms with E-state index in [1.807, 2.05) is 37.2 Å². The summed E-state index contributed by atoms with van der Waals surface area (Å²) < 4.78 is 0. The topological polar surface area (TPSA) is 23.6 Å². The molecule has 1 saturated heterocycles. The number of rotatable bonds is 3. The Kier molecular flexibility index (Phi) is 3.80. The summed E-state index contributed by atoms with van der Waals surface area (Å²) in [5, 5.41) is 0. The molecule has 0 N–H and O–H groups in total. The van der Waals surface area contributed by atoms with E-state index in [1.54, 1.807) is 0 Å². The Balaban J connectivity index is 1.90. The molecule has 3 rings (SSSR count). The first kappa shape index (κ1) is 15.5. The number of nitrogens with zero attached hydrogens (tertiary/aromatic N) is 2. The zero-order chi connectivity index (χ0) is 16.1. The van der Waals surface area contributed by atoms with Crippen LogP contribution in [0.4, 0.5) is 0 Å². The van der Waals surface area contributed by atoms with Crippen molar-refractivity contribution in [2.24, 2.45) is 11.3 Å². The highest BCUT2D eigenvalue weighted by Crippen LogP contribution is 2.52. The van der Waals surface area contributed by atoms with E-state index < -0.39 is 0 Å². The Morgan fingerprint density at radius 1 is 1.18 bits per heavy atom. The predicted molar refractivity (Wildman–Crippen MR) is 89.5 cm³/mol. The van der Waals surface area contributed by atoms with Crippen molar-refractivity contribution in [3.8, 4) is 0 Å². The van der Waals surface area contributed by atoms with Crippen LogP contribution in [0.3, 0.4) is 0 Å². The fraction of sp³-hybridized carbons (Fsp3) is 0.632. The number of amides is 1. The van der Waals surface area contributed by atoms with Crippen LogP contribution in [-0.4, -0.2) is 41.9 Å². The van der Waals surface area contributed by atoms with E-state index in [9.17, 15) is 4.79 Å². The van der Waals surface area contributed by atoms with Gasteiger partial charge < -0.3 is 4.90 Å². The van der Waals surface area contributed by atoms with Gasteiger partial charge in [0.25, 0.3) is 0 Å². The second kappa shape index (κ2) is 5.38. The van der Waals surface area contributed by atoms with Gasteiger partial charge in [0.15, 0.2) is 0 Å². The van der Waals surface area contributed by atoms with Crippen molar-refractivity contribution < 1.29 is 4.79 Å². The highest BCUT2D eigenvalue weighted by molar-refractivity contribution is 5.84. The number of fused-ring (bicyclic) bond motifs is 1. The average molecular weight is 300 g/mol. The molecule has 120 valence electrons. The largest absolute Gasteiger partial charge is 0.334 e. The summed E-state index contributed by atoms with van der Waals surface area (Å²) in [4.78, 5) is 17.6. The molecule has 0 bridgehead atoms. The van der Waals surface area contributed by atoms with E-state index in [-0.39, 0.29) is 17.4 Å². The van der Waals surface area contributed by atoms with Crippen molar-refractivity contribution in [3.63, 3.8) is 0 Å². The summed E-state index contributed by atoms with van der Waals surface area (Å²) in [5.41, 5.74) is 1.24. The smallest absolute Gasteiger partial charge is 0.245 e. The Morgan fingerprint density at radius 3 is 2.36 bits per heavy atom. The van der Waals surface area contributed by atoms with Gasteiger partial charge in [0.1, 0.15) is 6.04 Å². The lowest BCUT2D eigenvalue weighted by Gasteiger charge is -2.40. The van der Waals surface area contributed by atoms with Gasteiger partial charge in [0.2, 0.25) is 5.91 Å². The van der Waals surface area contributed by atoms with E-state index in [0.29, 0.717) is 12.1 Å². The summed E-state index contributed by atoms with van der Waals surface area (Å²) >= 11 is 0. The maximum absolute atomic E-state index is 13.4. The number of carbonyl (C=O) groups excluding carboxylic acids is 1. The molecule has 0 spiro atoms. The van der Waals surface area contributed by atoms with Gasteiger partial charge in [-0.25, -0.2) is 0 Å². The van der Waals surface area contributed by atoms with Crippen molar-refractivity contribution in [1.29, 1.82) is 0 Å². The van der Waals surface area contributed by atoms with Gasteiger partial charge in [0, 0.05) is 12.1 Å². The van der Waals surface area contributed by atoms with Gasteiger partial charge in [-0.1, -0.05) is 51.1 Å². The van der Waals surface area contributed by atoms with Crippen molar-refractivity contribution in [3.05, 3.63) is 35.9 Å². The zero-order valence-electron chi connectivity index (χ0n) is 14.4. The van der Waals surface area contributed by atoms with Gasteiger partial charge in [-0.2, -0.15) is 0 Å². The average Bonchev–Trinajstić information content (AvgIpc) is 3.09. The standard InChI is InChI=1S/C19H28N2O/c1-19(2,3)16-12-14-11-15(14)21(16)18(22)17(20(4)5)13-9-7-6-8-10-13/h6-10,14-17H,11-12H2,1-5H3. The minimum atomic E-state index is -0.176. The molecule has 1 aliphatic heterocycles. The van der Waals surface area contributed by atoms with Crippen molar-refractivity contribution in [1.82, 2.24) is 9.80 Å². The molecular formula is C19H28N2O. The number of likely N-dealkylation sites (tertiary alicyclic amines) is 1. The number of hydrogen-bond donors (Lipinski definition) is 0. The third kappa shape index (κ3) is 2.67. The van der Waals surface area contributed by atoms with Crippen LogP contribution in [0.1, 0.15) is 45.2 Å². The number of likely N-dealkylation sites (N-methyl/N-ethyl adjacent to an activating group) is 1. The van der Waals surface area contributed by atoms with Crippen LogP contribution in [-0.2, 0) is 4.79 Å². The van der Waals surface area contributed by atoms with Gasteiger partial charge in [-0.3, -0.25) is 9.69 Å². The molecule has 22 heavy (non-hydrogen) atoms. The van der Waals surface area contributed by atoms with Crippen molar-refractivity contribution in [2.75, 3.05) is 14.1 Å². The maximum atomic E-state index is 13.4. The van der Waals surface area contributed by atoms with E-state index in [0.717, 1.165) is 11.5 Å². The van der Waals surface area contributed by atoms with E-state index in [4.69, 9.17) is 0 Å². The van der Waals surface area contributed by atoms with Gasteiger partial charge in [0.05, 0.1) is 0 Å². The number of carbonyl (C=O) groups is 1. The molecule has 1 amide bonds. The van der Waals surface area contributed by atoms with Crippen LogP contribution in [0.2, 0.25) is 0 Å². The Bertz CT molecular complexity index is 546. The molecule has 4 unspecified atom stereocenters. The monoisotopic (exact) mass is 300 g/mol. The summed E-state index contributed by atoms with van der Waals surface area (Å²) in [6.07, 6.45) is 2.38. The molecule has 1 heterocycles. The first-order valence-corrected chi connectivity index (χ1v) is 8.34. The van der Waals surface area contributed by atoms with Crippen LogP contribution in [0.15, 0.2) is 30.3 Å². The Labute approximate surface area is 134 Å². The van der Waals surface area contributed by atoms with Crippen LogP contribution in [0.25, 0.3) is 0 Å². The zero-order valence-corrected chi connectivity index (χ0v) is 14.4. The molecule has 1 aliphatic carbocycles. The Morgan fingerprint density at radius 2 is 1.82 bits per heavy atom. The molecule has 2 aliphatic rings. The van der Waals surface area contributed by atoms with E-state index >= 15 is 0 Å². The van der Waals surface area contributed by atoms with E-state index in [2.05, 4.69) is 37.8 Å². The quantitative estimate of drug-likeness (QED) is 0.855. The van der Waals surface area contributed by atoms with Crippen LogP contribution in [0, 0.1) is 11.3 Å². The predicted octanol–water partition coefficient (Wildman–Crippen LogP) is 3.32. The first-order chi connectivity index (χ1) is 10.3. The van der Waals surface area contributed by atoms with Crippen LogP contribution in [0.5, 0.6) is 0 Å². The van der Waals surface area contributed by atoms with Crippen molar-refractivity contribution >= 4 is 5.91 Å². The Hall–Kier alpha value is -1.35. The molecule has 1 aromatic rings. The van der Waals surface area contributed by atoms with E-state index in [1.165, 1.54) is 12.8 Å².